The Bertz CT molecular complexity index is 651. The number of rotatable bonds is 10. The fraction of sp³-hybridized carbons (Fsp3) is 0.500. The molecule has 1 heterocycles. The van der Waals surface area contributed by atoms with Crippen LogP contribution < -0.4 is 11.1 Å². The van der Waals surface area contributed by atoms with Crippen LogP contribution in [0, 0.1) is 6.92 Å². The Hall–Kier alpha value is -1.57. The van der Waals surface area contributed by atoms with Crippen molar-refractivity contribution in [1.29, 1.82) is 0 Å². The minimum Gasteiger partial charge on any atom is -0.370 e. The van der Waals surface area contributed by atoms with Crippen molar-refractivity contribution in [3.05, 3.63) is 47.8 Å². The number of benzene rings is 1. The molecule has 1 aromatic heterocycles. The van der Waals surface area contributed by atoms with E-state index in [1.807, 2.05) is 22.9 Å². The summed E-state index contributed by atoms with van der Waals surface area (Å²) >= 11 is 0. The Morgan fingerprint density at radius 2 is 1.92 bits per heavy atom. The summed E-state index contributed by atoms with van der Waals surface area (Å²) in [5.41, 5.74) is 9.34. The lowest BCUT2D eigenvalue weighted by Crippen LogP contribution is -2.32. The Morgan fingerprint density at radius 1 is 1.15 bits per heavy atom. The highest BCUT2D eigenvalue weighted by Gasteiger charge is 2.05. The van der Waals surface area contributed by atoms with Gasteiger partial charge < -0.3 is 11.1 Å². The van der Waals surface area contributed by atoms with Crippen molar-refractivity contribution in [2.24, 2.45) is 10.7 Å². The van der Waals surface area contributed by atoms with Gasteiger partial charge in [0.25, 0.3) is 0 Å². The van der Waals surface area contributed by atoms with E-state index in [9.17, 15) is 0 Å². The molecule has 3 N–H and O–H groups in total. The predicted molar refractivity (Wildman–Crippen MR) is 121 cm³/mol. The SMILES string of the molecule is CCCCCCNC(N)=NCCCc1cn(-c2ccccc2)nc1C.I. The summed E-state index contributed by atoms with van der Waals surface area (Å²) < 4.78 is 1.94. The van der Waals surface area contributed by atoms with Crippen molar-refractivity contribution in [2.75, 3.05) is 13.1 Å². The number of nitrogens with one attached hydrogen (secondary N) is 1. The van der Waals surface area contributed by atoms with Crippen molar-refractivity contribution in [3.63, 3.8) is 0 Å². The number of hydrogen-bond donors (Lipinski definition) is 2. The lowest BCUT2D eigenvalue weighted by molar-refractivity contribution is 0.652. The van der Waals surface area contributed by atoms with Crippen LogP contribution in [0.25, 0.3) is 5.69 Å². The molecule has 0 bridgehead atoms. The average molecular weight is 469 g/mol. The molecular formula is C20H32IN5. The lowest BCUT2D eigenvalue weighted by atomic mass is 10.1. The van der Waals surface area contributed by atoms with Gasteiger partial charge >= 0.3 is 0 Å². The Morgan fingerprint density at radius 3 is 2.65 bits per heavy atom. The standard InChI is InChI=1S/C20H31N5.HI/c1-3-4-5-9-14-22-20(21)23-15-10-11-18-16-25(24-17(18)2)19-12-7-6-8-13-19;/h6-8,12-13,16H,3-5,9-11,14-15H2,1-2H3,(H3,21,22,23);1H. The topological polar surface area (TPSA) is 68.2 Å². The molecule has 0 spiro atoms. The van der Waals surface area contributed by atoms with Gasteiger partial charge in [-0.15, -0.1) is 24.0 Å². The van der Waals surface area contributed by atoms with Crippen LogP contribution in [0.5, 0.6) is 0 Å². The maximum Gasteiger partial charge on any atom is 0.188 e. The third-order valence-electron chi connectivity index (χ3n) is 4.24. The number of unbranched alkanes of at least 4 members (excludes halogenated alkanes) is 3. The van der Waals surface area contributed by atoms with Crippen LogP contribution in [0.3, 0.4) is 0 Å². The van der Waals surface area contributed by atoms with E-state index in [0.29, 0.717) is 5.96 Å². The van der Waals surface area contributed by atoms with E-state index in [0.717, 1.165) is 43.7 Å². The van der Waals surface area contributed by atoms with Gasteiger partial charge in [-0.05, 0) is 43.9 Å². The van der Waals surface area contributed by atoms with E-state index in [1.165, 1.54) is 24.8 Å². The highest BCUT2D eigenvalue weighted by molar-refractivity contribution is 14.0. The zero-order valence-electron chi connectivity index (χ0n) is 15.9. The normalized spacial score (nSPS) is 11.2. The summed E-state index contributed by atoms with van der Waals surface area (Å²) in [6.45, 7) is 5.93. The predicted octanol–water partition coefficient (Wildman–Crippen LogP) is 4.22. The number of guanidine groups is 1. The molecule has 5 nitrogen and oxygen atoms in total. The van der Waals surface area contributed by atoms with Gasteiger partial charge in [-0.2, -0.15) is 5.10 Å². The number of nitrogens with two attached hydrogens (primary N) is 1. The summed E-state index contributed by atoms with van der Waals surface area (Å²) in [5.74, 6) is 0.563. The van der Waals surface area contributed by atoms with E-state index in [1.54, 1.807) is 0 Å². The minimum atomic E-state index is 0. The minimum absolute atomic E-state index is 0. The number of hydrogen-bond acceptors (Lipinski definition) is 2. The van der Waals surface area contributed by atoms with Gasteiger partial charge in [0.05, 0.1) is 11.4 Å². The molecule has 0 atom stereocenters. The smallest absolute Gasteiger partial charge is 0.188 e. The van der Waals surface area contributed by atoms with E-state index in [4.69, 9.17) is 5.73 Å². The first kappa shape index (κ1) is 22.5. The second kappa shape index (κ2) is 12.7. The van der Waals surface area contributed by atoms with Gasteiger partial charge in [-0.25, -0.2) is 4.68 Å². The van der Waals surface area contributed by atoms with E-state index in [2.05, 4.69) is 47.6 Å². The van der Waals surface area contributed by atoms with Crippen molar-refractivity contribution in [2.45, 2.75) is 52.4 Å². The fourth-order valence-electron chi connectivity index (χ4n) is 2.75. The first-order valence-corrected chi connectivity index (χ1v) is 9.35. The first-order chi connectivity index (χ1) is 12.2. The average Bonchev–Trinajstić information content (AvgIpc) is 3.00. The third kappa shape index (κ3) is 7.76. The fourth-order valence-corrected chi connectivity index (χ4v) is 2.75. The summed E-state index contributed by atoms with van der Waals surface area (Å²) in [7, 11) is 0. The molecule has 0 fully saturated rings. The second-order valence-corrected chi connectivity index (χ2v) is 6.38. The Balaban J connectivity index is 0.00000338. The third-order valence-corrected chi connectivity index (χ3v) is 4.24. The van der Waals surface area contributed by atoms with Gasteiger partial charge in [0.1, 0.15) is 0 Å². The number of aliphatic imine (C=N–C) groups is 1. The molecule has 0 saturated carbocycles. The molecule has 0 saturated heterocycles. The molecule has 26 heavy (non-hydrogen) atoms. The number of para-hydroxylation sites is 1. The molecule has 0 aliphatic heterocycles. The van der Waals surface area contributed by atoms with E-state index >= 15 is 0 Å². The van der Waals surface area contributed by atoms with E-state index in [-0.39, 0.29) is 24.0 Å². The largest absolute Gasteiger partial charge is 0.370 e. The zero-order valence-corrected chi connectivity index (χ0v) is 18.3. The van der Waals surface area contributed by atoms with Gasteiger partial charge in [-0.3, -0.25) is 4.99 Å². The van der Waals surface area contributed by atoms with E-state index < -0.39 is 0 Å². The molecule has 1 aromatic carbocycles. The van der Waals surface area contributed by atoms with Crippen LogP contribution >= 0.6 is 24.0 Å². The van der Waals surface area contributed by atoms with Crippen LogP contribution in [0.1, 0.15) is 50.3 Å². The second-order valence-electron chi connectivity index (χ2n) is 6.38. The van der Waals surface area contributed by atoms with Crippen molar-refractivity contribution in [3.8, 4) is 5.69 Å². The molecule has 2 rings (SSSR count). The van der Waals surface area contributed by atoms with Crippen LogP contribution in [0.15, 0.2) is 41.5 Å². The van der Waals surface area contributed by atoms with Crippen molar-refractivity contribution >= 4 is 29.9 Å². The van der Waals surface area contributed by atoms with Crippen LogP contribution in [0.2, 0.25) is 0 Å². The Kier molecular flexibility index (Phi) is 11.0. The summed E-state index contributed by atoms with van der Waals surface area (Å²) in [6.07, 6.45) is 9.00. The molecule has 144 valence electrons. The molecule has 6 heteroatoms. The quantitative estimate of drug-likeness (QED) is 0.237. The van der Waals surface area contributed by atoms with Crippen molar-refractivity contribution < 1.29 is 0 Å². The van der Waals surface area contributed by atoms with Crippen LogP contribution in [0.4, 0.5) is 0 Å². The number of aryl methyl sites for hydroxylation is 2. The van der Waals surface area contributed by atoms with Gasteiger partial charge in [0, 0.05) is 19.3 Å². The highest BCUT2D eigenvalue weighted by atomic mass is 127. The maximum absolute atomic E-state index is 5.90. The highest BCUT2D eigenvalue weighted by Crippen LogP contribution is 2.13. The zero-order chi connectivity index (χ0) is 17.9. The first-order valence-electron chi connectivity index (χ1n) is 9.35. The van der Waals surface area contributed by atoms with Gasteiger partial charge in [0.15, 0.2) is 5.96 Å². The molecule has 0 amide bonds. The molecule has 0 radical (unpaired) electrons. The van der Waals surface area contributed by atoms with Crippen LogP contribution in [-0.4, -0.2) is 28.8 Å². The summed E-state index contributed by atoms with van der Waals surface area (Å²) in [5, 5.41) is 7.79. The van der Waals surface area contributed by atoms with Gasteiger partial charge in [-0.1, -0.05) is 44.4 Å². The van der Waals surface area contributed by atoms with Crippen LogP contribution in [-0.2, 0) is 6.42 Å². The summed E-state index contributed by atoms with van der Waals surface area (Å²) in [6, 6.07) is 10.2. The maximum atomic E-state index is 5.90. The molecule has 0 aliphatic carbocycles. The molecule has 0 unspecified atom stereocenters. The Labute approximate surface area is 174 Å². The summed E-state index contributed by atoms with van der Waals surface area (Å²) in [4.78, 5) is 4.41. The number of nitrogens with zero attached hydrogens (tertiary/aromatic N) is 3. The van der Waals surface area contributed by atoms with Crippen molar-refractivity contribution in [1.82, 2.24) is 15.1 Å². The molecular weight excluding hydrogens is 437 g/mol. The monoisotopic (exact) mass is 469 g/mol. The number of aromatic nitrogens is 2. The van der Waals surface area contributed by atoms with Gasteiger partial charge in [0.2, 0.25) is 0 Å². The molecule has 0 aliphatic rings. The number of halogens is 1. The molecule has 2 aromatic rings. The lowest BCUT2D eigenvalue weighted by Gasteiger charge is -2.05.